The number of benzene rings is 2. The Morgan fingerprint density at radius 1 is 1.09 bits per heavy atom. The zero-order chi connectivity index (χ0) is 15.6. The van der Waals surface area contributed by atoms with Crippen molar-refractivity contribution in [1.29, 1.82) is 0 Å². The summed E-state index contributed by atoms with van der Waals surface area (Å²) in [6.07, 6.45) is 5.10. The maximum absolute atomic E-state index is 6.09. The normalized spacial score (nSPS) is 17.5. The zero-order valence-electron chi connectivity index (χ0n) is 12.8. The van der Waals surface area contributed by atoms with Crippen molar-refractivity contribution < 1.29 is 4.74 Å². The van der Waals surface area contributed by atoms with Crippen molar-refractivity contribution in [3.05, 3.63) is 54.9 Å². The lowest BCUT2D eigenvalue weighted by molar-refractivity contribution is 0.223. The van der Waals surface area contributed by atoms with Gasteiger partial charge < -0.3 is 15.8 Å². The van der Waals surface area contributed by atoms with E-state index in [0.29, 0.717) is 0 Å². The summed E-state index contributed by atoms with van der Waals surface area (Å²) in [5.74, 6) is 0.911. The molecule has 4 heteroatoms. The number of ether oxygens (including phenoxy) is 1. The predicted octanol–water partition coefficient (Wildman–Crippen LogP) is 3.22. The summed E-state index contributed by atoms with van der Waals surface area (Å²) in [7, 11) is 0. The molecule has 1 aliphatic heterocycles. The van der Waals surface area contributed by atoms with Gasteiger partial charge in [-0.1, -0.05) is 12.1 Å². The van der Waals surface area contributed by atoms with Gasteiger partial charge in [-0.15, -0.1) is 0 Å². The minimum Gasteiger partial charge on any atom is -0.489 e. The van der Waals surface area contributed by atoms with Crippen molar-refractivity contribution in [3.63, 3.8) is 0 Å². The van der Waals surface area contributed by atoms with E-state index in [1.54, 1.807) is 0 Å². The van der Waals surface area contributed by atoms with Gasteiger partial charge in [0.1, 0.15) is 11.9 Å². The van der Waals surface area contributed by atoms with Crippen LogP contribution in [0.3, 0.4) is 0 Å². The minimum absolute atomic E-state index is 0.259. The van der Waals surface area contributed by atoms with Crippen LogP contribution in [0.25, 0.3) is 21.9 Å². The molecule has 1 saturated heterocycles. The predicted molar refractivity (Wildman–Crippen MR) is 93.5 cm³/mol. The number of fused-ring (bicyclic) bond motifs is 1. The summed E-state index contributed by atoms with van der Waals surface area (Å²) in [6.45, 7) is 1.94. The molecule has 1 atom stereocenters. The molecular formula is C19H19N3O. The number of anilines is 1. The van der Waals surface area contributed by atoms with E-state index in [1.165, 1.54) is 0 Å². The molecule has 4 nitrogen and oxygen atoms in total. The molecule has 4 rings (SSSR count). The largest absolute Gasteiger partial charge is 0.489 e. The molecule has 0 unspecified atom stereocenters. The first-order valence-corrected chi connectivity index (χ1v) is 7.91. The van der Waals surface area contributed by atoms with Crippen molar-refractivity contribution in [2.75, 3.05) is 18.8 Å². The summed E-state index contributed by atoms with van der Waals surface area (Å²) < 4.78 is 6.09. The number of nitrogens with zero attached hydrogens (tertiary/aromatic N) is 1. The van der Waals surface area contributed by atoms with Crippen LogP contribution in [0.2, 0.25) is 0 Å². The first-order chi connectivity index (χ1) is 11.3. The molecule has 0 radical (unpaired) electrons. The quantitative estimate of drug-likeness (QED) is 0.729. The van der Waals surface area contributed by atoms with Gasteiger partial charge in [0.15, 0.2) is 0 Å². The van der Waals surface area contributed by atoms with Crippen LogP contribution in [-0.4, -0.2) is 24.2 Å². The fourth-order valence-corrected chi connectivity index (χ4v) is 3.03. The first-order valence-electron chi connectivity index (χ1n) is 7.91. The monoisotopic (exact) mass is 305 g/mol. The van der Waals surface area contributed by atoms with E-state index < -0.39 is 0 Å². The Balaban J connectivity index is 1.76. The highest BCUT2D eigenvalue weighted by molar-refractivity contribution is 5.96. The van der Waals surface area contributed by atoms with Crippen LogP contribution in [0.1, 0.15) is 6.42 Å². The van der Waals surface area contributed by atoms with Gasteiger partial charge in [-0.05, 0) is 54.2 Å². The second-order valence-corrected chi connectivity index (χ2v) is 5.92. The van der Waals surface area contributed by atoms with Crippen molar-refractivity contribution in [2.24, 2.45) is 0 Å². The number of aromatic nitrogens is 1. The Kier molecular flexibility index (Phi) is 3.60. The van der Waals surface area contributed by atoms with Crippen molar-refractivity contribution in [3.8, 4) is 16.9 Å². The molecule has 2 heterocycles. The molecule has 1 aliphatic rings. The number of hydrogen-bond acceptors (Lipinski definition) is 4. The molecular weight excluding hydrogens is 286 g/mol. The van der Waals surface area contributed by atoms with E-state index >= 15 is 0 Å². The van der Waals surface area contributed by atoms with Gasteiger partial charge in [-0.25, -0.2) is 0 Å². The Hall–Kier alpha value is -2.59. The highest BCUT2D eigenvalue weighted by Crippen LogP contribution is 2.31. The lowest BCUT2D eigenvalue weighted by atomic mass is 10.0. The summed E-state index contributed by atoms with van der Waals surface area (Å²) in [5.41, 5.74) is 8.76. The van der Waals surface area contributed by atoms with Gasteiger partial charge >= 0.3 is 0 Å². The van der Waals surface area contributed by atoms with Crippen molar-refractivity contribution in [1.82, 2.24) is 10.3 Å². The fraction of sp³-hybridized carbons (Fsp3) is 0.211. The van der Waals surface area contributed by atoms with E-state index in [9.17, 15) is 0 Å². The van der Waals surface area contributed by atoms with E-state index in [1.807, 2.05) is 42.7 Å². The maximum atomic E-state index is 6.09. The van der Waals surface area contributed by atoms with Crippen LogP contribution in [0, 0.1) is 0 Å². The third-order valence-corrected chi connectivity index (χ3v) is 4.27. The number of hydrogen-bond donors (Lipinski definition) is 2. The Labute approximate surface area is 135 Å². The second kappa shape index (κ2) is 5.89. The van der Waals surface area contributed by atoms with Crippen molar-refractivity contribution in [2.45, 2.75) is 12.5 Å². The van der Waals surface area contributed by atoms with Crippen LogP contribution < -0.4 is 15.8 Å². The lowest BCUT2D eigenvalue weighted by Crippen LogP contribution is -2.19. The van der Waals surface area contributed by atoms with Gasteiger partial charge in [-0.2, -0.15) is 0 Å². The maximum Gasteiger partial charge on any atom is 0.120 e. The second-order valence-electron chi connectivity index (χ2n) is 5.92. The highest BCUT2D eigenvalue weighted by Gasteiger charge is 2.16. The Morgan fingerprint density at radius 2 is 1.96 bits per heavy atom. The molecule has 3 aromatic rings. The third-order valence-electron chi connectivity index (χ3n) is 4.27. The fourth-order valence-electron chi connectivity index (χ4n) is 3.03. The molecule has 1 aromatic heterocycles. The van der Waals surface area contributed by atoms with Gasteiger partial charge in [0.05, 0.1) is 0 Å². The van der Waals surface area contributed by atoms with Gasteiger partial charge in [0.25, 0.3) is 0 Å². The number of pyridine rings is 1. The summed E-state index contributed by atoms with van der Waals surface area (Å²) >= 11 is 0. The lowest BCUT2D eigenvalue weighted by Gasteiger charge is -2.14. The van der Waals surface area contributed by atoms with Crippen LogP contribution in [0.4, 0.5) is 5.69 Å². The molecule has 0 aliphatic carbocycles. The van der Waals surface area contributed by atoms with Crippen LogP contribution in [-0.2, 0) is 0 Å². The number of nitrogens with two attached hydrogens (primary N) is 1. The summed E-state index contributed by atoms with van der Waals surface area (Å²) in [6, 6.07) is 14.1. The Bertz CT molecular complexity index is 824. The standard InChI is InChI=1S/C19H19N3O/c20-15-4-1-13(2-5-15)19-12-22-10-14-3-6-16(9-18(14)19)23-17-7-8-21-11-17/h1-6,9-10,12,17,21H,7-8,11,20H2/t17-/m0/s1. The minimum atomic E-state index is 0.259. The van der Waals surface area contributed by atoms with Crippen LogP contribution in [0.5, 0.6) is 5.75 Å². The average Bonchev–Trinajstić information content (AvgIpc) is 3.08. The molecule has 23 heavy (non-hydrogen) atoms. The summed E-state index contributed by atoms with van der Waals surface area (Å²) in [5, 5.41) is 5.58. The van der Waals surface area contributed by atoms with Crippen LogP contribution in [0.15, 0.2) is 54.9 Å². The number of rotatable bonds is 3. The topological polar surface area (TPSA) is 60.2 Å². The SMILES string of the molecule is Nc1ccc(-c2cncc3ccc(O[C@H]4CCNC4)cc23)cc1. The molecule has 116 valence electrons. The third kappa shape index (κ3) is 2.85. The molecule has 2 aromatic carbocycles. The van der Waals surface area contributed by atoms with Gasteiger partial charge in [-0.3, -0.25) is 4.98 Å². The summed E-state index contributed by atoms with van der Waals surface area (Å²) in [4.78, 5) is 4.36. The van der Waals surface area contributed by atoms with E-state index in [-0.39, 0.29) is 6.10 Å². The van der Waals surface area contributed by atoms with Crippen LogP contribution >= 0.6 is 0 Å². The zero-order valence-corrected chi connectivity index (χ0v) is 12.8. The van der Waals surface area contributed by atoms with E-state index in [2.05, 4.69) is 22.4 Å². The molecule has 3 N–H and O–H groups in total. The highest BCUT2D eigenvalue weighted by atomic mass is 16.5. The Morgan fingerprint density at radius 3 is 2.74 bits per heavy atom. The van der Waals surface area contributed by atoms with Gasteiger partial charge in [0, 0.05) is 35.6 Å². The molecule has 1 fully saturated rings. The van der Waals surface area contributed by atoms with Crippen molar-refractivity contribution >= 4 is 16.5 Å². The first kappa shape index (κ1) is 14.0. The molecule has 0 spiro atoms. The smallest absolute Gasteiger partial charge is 0.120 e. The number of nitrogen functional groups attached to an aromatic ring is 1. The average molecular weight is 305 g/mol. The molecule has 0 saturated carbocycles. The van der Waals surface area contributed by atoms with Gasteiger partial charge in [0.2, 0.25) is 0 Å². The van der Waals surface area contributed by atoms with E-state index in [4.69, 9.17) is 10.5 Å². The molecule has 0 bridgehead atoms. The molecule has 0 amide bonds. The number of nitrogens with one attached hydrogen (secondary N) is 1. The van der Waals surface area contributed by atoms with E-state index in [0.717, 1.165) is 52.8 Å².